The fourth-order valence-electron chi connectivity index (χ4n) is 4.39. The maximum absolute atomic E-state index is 10.9. The Labute approximate surface area is 124 Å². The van der Waals surface area contributed by atoms with E-state index < -0.39 is 0 Å². The topological polar surface area (TPSA) is 38.7 Å². The third kappa shape index (κ3) is 3.05. The van der Waals surface area contributed by atoms with Crippen molar-refractivity contribution in [3.05, 3.63) is 0 Å². The molecule has 0 aromatic rings. The van der Waals surface area contributed by atoms with E-state index in [4.69, 9.17) is 9.47 Å². The van der Waals surface area contributed by atoms with Crippen LogP contribution in [0.3, 0.4) is 0 Å². The third-order valence-corrected chi connectivity index (χ3v) is 5.88. The molecule has 0 bridgehead atoms. The molecule has 1 N–H and O–H groups in total. The molecular formula is C17H32O3. The van der Waals surface area contributed by atoms with Gasteiger partial charge in [0.1, 0.15) is 0 Å². The molecule has 1 saturated heterocycles. The number of rotatable bonds is 5. The molecule has 0 aromatic carbocycles. The van der Waals surface area contributed by atoms with Crippen molar-refractivity contribution in [2.75, 3.05) is 13.7 Å². The molecule has 2 rings (SSSR count). The van der Waals surface area contributed by atoms with E-state index >= 15 is 0 Å². The van der Waals surface area contributed by atoms with Crippen molar-refractivity contribution in [1.29, 1.82) is 0 Å². The van der Waals surface area contributed by atoms with Gasteiger partial charge in [-0.25, -0.2) is 0 Å². The van der Waals surface area contributed by atoms with E-state index in [1.54, 1.807) is 7.11 Å². The summed E-state index contributed by atoms with van der Waals surface area (Å²) < 4.78 is 11.9. The van der Waals surface area contributed by atoms with Gasteiger partial charge in [0.15, 0.2) is 0 Å². The zero-order valence-electron chi connectivity index (χ0n) is 13.5. The molecule has 1 spiro atoms. The summed E-state index contributed by atoms with van der Waals surface area (Å²) in [5.74, 6) is 0.321. The lowest BCUT2D eigenvalue weighted by atomic mass is 9.71. The summed E-state index contributed by atoms with van der Waals surface area (Å²) in [6, 6.07) is 0. The molecule has 3 heteroatoms. The van der Waals surface area contributed by atoms with Crippen molar-refractivity contribution in [3.63, 3.8) is 0 Å². The van der Waals surface area contributed by atoms with Crippen LogP contribution in [0, 0.1) is 5.92 Å². The first-order valence-electron chi connectivity index (χ1n) is 8.48. The minimum Gasteiger partial charge on any atom is -0.390 e. The van der Waals surface area contributed by atoms with Gasteiger partial charge in [0.05, 0.1) is 17.3 Å². The van der Waals surface area contributed by atoms with E-state index in [2.05, 4.69) is 13.8 Å². The van der Waals surface area contributed by atoms with Gasteiger partial charge in [-0.2, -0.15) is 0 Å². The first-order chi connectivity index (χ1) is 9.61. The van der Waals surface area contributed by atoms with E-state index in [-0.39, 0.29) is 17.3 Å². The number of methoxy groups -OCH3 is 1. The summed E-state index contributed by atoms with van der Waals surface area (Å²) in [5.41, 5.74) is -0.318. The molecule has 0 radical (unpaired) electrons. The summed E-state index contributed by atoms with van der Waals surface area (Å²) in [5, 5.41) is 10.9. The van der Waals surface area contributed by atoms with Crippen LogP contribution in [-0.4, -0.2) is 36.1 Å². The molecule has 118 valence electrons. The predicted molar refractivity (Wildman–Crippen MR) is 80.8 cm³/mol. The molecule has 1 aliphatic carbocycles. The van der Waals surface area contributed by atoms with Crippen LogP contribution < -0.4 is 0 Å². The summed E-state index contributed by atoms with van der Waals surface area (Å²) in [7, 11) is 1.74. The second-order valence-corrected chi connectivity index (χ2v) is 6.77. The second-order valence-electron chi connectivity index (χ2n) is 6.77. The molecule has 1 aliphatic heterocycles. The molecule has 2 fully saturated rings. The Morgan fingerprint density at radius 3 is 2.45 bits per heavy atom. The lowest BCUT2D eigenvalue weighted by molar-refractivity contribution is -0.176. The van der Waals surface area contributed by atoms with Gasteiger partial charge in [0.2, 0.25) is 0 Å². The van der Waals surface area contributed by atoms with Gasteiger partial charge in [0, 0.05) is 13.7 Å². The van der Waals surface area contributed by atoms with Crippen molar-refractivity contribution in [1.82, 2.24) is 0 Å². The fourth-order valence-corrected chi connectivity index (χ4v) is 4.39. The Kier molecular flexibility index (Phi) is 5.49. The highest BCUT2D eigenvalue weighted by Crippen LogP contribution is 2.44. The first-order valence-corrected chi connectivity index (χ1v) is 8.48. The molecule has 20 heavy (non-hydrogen) atoms. The lowest BCUT2D eigenvalue weighted by Gasteiger charge is -2.48. The van der Waals surface area contributed by atoms with E-state index in [0.717, 1.165) is 32.3 Å². The Bertz CT molecular complexity index is 279. The average Bonchev–Trinajstić information content (AvgIpc) is 2.50. The normalized spacial score (nSPS) is 28.5. The van der Waals surface area contributed by atoms with E-state index in [1.807, 2.05) is 0 Å². The van der Waals surface area contributed by atoms with Crippen LogP contribution in [0.2, 0.25) is 0 Å². The monoisotopic (exact) mass is 284 g/mol. The Morgan fingerprint density at radius 1 is 1.25 bits per heavy atom. The van der Waals surface area contributed by atoms with E-state index in [1.165, 1.54) is 32.1 Å². The highest BCUT2D eigenvalue weighted by atomic mass is 16.5. The summed E-state index contributed by atoms with van der Waals surface area (Å²) in [6.07, 6.45) is 9.59. The van der Waals surface area contributed by atoms with E-state index in [9.17, 15) is 5.11 Å². The summed E-state index contributed by atoms with van der Waals surface area (Å²) >= 11 is 0. The Hall–Kier alpha value is -0.120. The minimum absolute atomic E-state index is 0.0586. The van der Waals surface area contributed by atoms with Crippen LogP contribution in [0.5, 0.6) is 0 Å². The minimum atomic E-state index is -0.377. The predicted octanol–water partition coefficient (Wildman–Crippen LogP) is 3.68. The van der Waals surface area contributed by atoms with Crippen molar-refractivity contribution in [2.45, 2.75) is 88.9 Å². The molecule has 2 aliphatic rings. The van der Waals surface area contributed by atoms with Crippen LogP contribution in [0.1, 0.15) is 71.6 Å². The highest BCUT2D eigenvalue weighted by Gasteiger charge is 2.46. The number of aliphatic hydroxyl groups excluding tert-OH is 1. The van der Waals surface area contributed by atoms with Gasteiger partial charge in [-0.3, -0.25) is 0 Å². The molecule has 2 atom stereocenters. The van der Waals surface area contributed by atoms with E-state index in [0.29, 0.717) is 5.92 Å². The molecule has 0 amide bonds. The van der Waals surface area contributed by atoms with Crippen LogP contribution in [0.15, 0.2) is 0 Å². The van der Waals surface area contributed by atoms with Crippen LogP contribution in [-0.2, 0) is 9.47 Å². The van der Waals surface area contributed by atoms with Crippen LogP contribution in [0.25, 0.3) is 0 Å². The summed E-state index contributed by atoms with van der Waals surface area (Å²) in [6.45, 7) is 5.03. The fraction of sp³-hybridized carbons (Fsp3) is 1.00. The smallest absolute Gasteiger partial charge is 0.0933 e. The Morgan fingerprint density at radius 2 is 1.90 bits per heavy atom. The standard InChI is InChI=1S/C17H32O3/c1-4-17(5-2,19-3)15(18)14-9-12-20-16(13-14)10-7-6-8-11-16/h14-15,18H,4-13H2,1-3H3. The quantitative estimate of drug-likeness (QED) is 0.837. The largest absolute Gasteiger partial charge is 0.390 e. The van der Waals surface area contributed by atoms with Gasteiger partial charge < -0.3 is 14.6 Å². The maximum atomic E-state index is 10.9. The van der Waals surface area contributed by atoms with Gasteiger partial charge in [-0.15, -0.1) is 0 Å². The number of ether oxygens (including phenoxy) is 2. The molecule has 3 nitrogen and oxygen atoms in total. The third-order valence-electron chi connectivity index (χ3n) is 5.88. The molecular weight excluding hydrogens is 252 g/mol. The molecule has 0 aromatic heterocycles. The highest BCUT2D eigenvalue weighted by molar-refractivity contribution is 4.97. The maximum Gasteiger partial charge on any atom is 0.0933 e. The Balaban J connectivity index is 2.07. The zero-order valence-corrected chi connectivity index (χ0v) is 13.5. The number of aliphatic hydroxyl groups is 1. The lowest BCUT2D eigenvalue weighted by Crippen LogP contribution is -2.52. The van der Waals surface area contributed by atoms with Gasteiger partial charge >= 0.3 is 0 Å². The molecule has 1 saturated carbocycles. The average molecular weight is 284 g/mol. The van der Waals surface area contributed by atoms with Crippen LogP contribution >= 0.6 is 0 Å². The van der Waals surface area contributed by atoms with Crippen LogP contribution in [0.4, 0.5) is 0 Å². The molecule has 1 heterocycles. The SMILES string of the molecule is CCC(CC)(OC)C(O)C1CCOC2(CCCCC2)C1. The van der Waals surface area contributed by atoms with Crippen molar-refractivity contribution < 1.29 is 14.6 Å². The van der Waals surface area contributed by atoms with Crippen molar-refractivity contribution >= 4 is 0 Å². The first kappa shape index (κ1) is 16.3. The zero-order chi connectivity index (χ0) is 14.6. The van der Waals surface area contributed by atoms with Gasteiger partial charge in [-0.1, -0.05) is 33.1 Å². The summed E-state index contributed by atoms with van der Waals surface area (Å²) in [4.78, 5) is 0. The second kappa shape index (κ2) is 6.76. The molecule has 2 unspecified atom stereocenters. The van der Waals surface area contributed by atoms with Gasteiger partial charge in [-0.05, 0) is 44.4 Å². The van der Waals surface area contributed by atoms with Crippen molar-refractivity contribution in [3.8, 4) is 0 Å². The number of hydrogen-bond acceptors (Lipinski definition) is 3. The van der Waals surface area contributed by atoms with Crippen molar-refractivity contribution in [2.24, 2.45) is 5.92 Å². The number of hydrogen-bond donors (Lipinski definition) is 1. The van der Waals surface area contributed by atoms with Gasteiger partial charge in [0.25, 0.3) is 0 Å².